The first-order valence-electron chi connectivity index (χ1n) is 6.07. The van der Waals surface area contributed by atoms with E-state index in [1.807, 2.05) is 0 Å². The Kier molecular flexibility index (Phi) is 2.33. The van der Waals surface area contributed by atoms with E-state index in [0.29, 0.717) is 17.6 Å². The van der Waals surface area contributed by atoms with Crippen LogP contribution in [0.1, 0.15) is 38.5 Å². The summed E-state index contributed by atoms with van der Waals surface area (Å²) < 4.78 is 11.5. The number of carbonyl (C=O) groups is 1. The van der Waals surface area contributed by atoms with Gasteiger partial charge in [-0.1, -0.05) is 0 Å². The Morgan fingerprint density at radius 2 is 1.93 bits per heavy atom. The van der Waals surface area contributed by atoms with Crippen LogP contribution in [0, 0.1) is 11.8 Å². The van der Waals surface area contributed by atoms with Crippen molar-refractivity contribution >= 4 is 5.78 Å². The molecule has 0 amide bonds. The summed E-state index contributed by atoms with van der Waals surface area (Å²) in [4.78, 5) is 11.4. The molecule has 3 rings (SSSR count). The average molecular weight is 210 g/mol. The molecule has 1 spiro atoms. The minimum Gasteiger partial charge on any atom is -0.348 e. The van der Waals surface area contributed by atoms with Gasteiger partial charge in [-0.05, 0) is 24.7 Å². The van der Waals surface area contributed by atoms with E-state index in [1.165, 1.54) is 0 Å². The summed E-state index contributed by atoms with van der Waals surface area (Å²) in [5.41, 5.74) is 0. The zero-order chi connectivity index (χ0) is 10.3. The molecule has 1 heterocycles. The van der Waals surface area contributed by atoms with Gasteiger partial charge in [-0.15, -0.1) is 0 Å². The quantitative estimate of drug-likeness (QED) is 0.612. The van der Waals surface area contributed by atoms with Crippen molar-refractivity contribution in [3.63, 3.8) is 0 Å². The average Bonchev–Trinajstić information content (AvgIpc) is 2.67. The van der Waals surface area contributed by atoms with Crippen LogP contribution in [0.2, 0.25) is 0 Å². The molecular weight excluding hydrogens is 192 g/mol. The summed E-state index contributed by atoms with van der Waals surface area (Å²) in [6.07, 6.45) is 5.75. The van der Waals surface area contributed by atoms with E-state index in [-0.39, 0.29) is 5.79 Å². The number of ether oxygens (including phenoxy) is 2. The fraction of sp³-hybridized carbons (Fsp3) is 0.917. The smallest absolute Gasteiger partial charge is 0.168 e. The number of hydrogen-bond acceptors (Lipinski definition) is 3. The number of Topliss-reactive ketones (excluding diaryl/α,β-unsaturated/α-hetero) is 1. The molecule has 3 aliphatic rings. The predicted molar refractivity (Wildman–Crippen MR) is 54.3 cm³/mol. The Morgan fingerprint density at radius 3 is 2.73 bits per heavy atom. The second-order valence-corrected chi connectivity index (χ2v) is 5.15. The topological polar surface area (TPSA) is 35.5 Å². The summed E-state index contributed by atoms with van der Waals surface area (Å²) >= 11 is 0. The molecule has 84 valence electrons. The monoisotopic (exact) mass is 210 g/mol. The SMILES string of the molecule is O=C1CCC2CC3(CCC2C1)OCCO3. The Balaban J connectivity index is 1.70. The first-order valence-corrected chi connectivity index (χ1v) is 6.07. The third kappa shape index (κ3) is 1.72. The molecule has 2 unspecified atom stereocenters. The predicted octanol–water partition coefficient (Wildman–Crippen LogP) is 1.90. The van der Waals surface area contributed by atoms with E-state index < -0.39 is 0 Å². The van der Waals surface area contributed by atoms with Crippen molar-refractivity contribution < 1.29 is 14.3 Å². The van der Waals surface area contributed by atoms with Gasteiger partial charge in [0.15, 0.2) is 5.79 Å². The lowest BCUT2D eigenvalue weighted by Crippen LogP contribution is -2.42. The minimum absolute atomic E-state index is 0.262. The maximum absolute atomic E-state index is 11.4. The molecule has 0 aromatic carbocycles. The van der Waals surface area contributed by atoms with E-state index in [0.717, 1.165) is 51.7 Å². The summed E-state index contributed by atoms with van der Waals surface area (Å²) in [6.45, 7) is 1.49. The van der Waals surface area contributed by atoms with Crippen LogP contribution in [0.3, 0.4) is 0 Å². The zero-order valence-corrected chi connectivity index (χ0v) is 9.04. The maximum Gasteiger partial charge on any atom is 0.168 e. The summed E-state index contributed by atoms with van der Waals surface area (Å²) in [6, 6.07) is 0. The van der Waals surface area contributed by atoms with Crippen LogP contribution in [0.5, 0.6) is 0 Å². The Morgan fingerprint density at radius 1 is 1.13 bits per heavy atom. The van der Waals surface area contributed by atoms with Gasteiger partial charge in [0.2, 0.25) is 0 Å². The van der Waals surface area contributed by atoms with E-state index in [1.54, 1.807) is 0 Å². The molecule has 2 saturated carbocycles. The van der Waals surface area contributed by atoms with Crippen molar-refractivity contribution in [2.24, 2.45) is 11.8 Å². The second-order valence-electron chi connectivity index (χ2n) is 5.15. The van der Waals surface area contributed by atoms with Crippen molar-refractivity contribution in [1.82, 2.24) is 0 Å². The van der Waals surface area contributed by atoms with E-state index >= 15 is 0 Å². The molecule has 0 radical (unpaired) electrons. The third-order valence-electron chi connectivity index (χ3n) is 4.23. The second kappa shape index (κ2) is 3.56. The molecule has 0 aromatic rings. The van der Waals surface area contributed by atoms with Gasteiger partial charge in [-0.3, -0.25) is 4.79 Å². The lowest BCUT2D eigenvalue weighted by molar-refractivity contribution is -0.198. The molecule has 0 bridgehead atoms. The van der Waals surface area contributed by atoms with Crippen LogP contribution in [0.25, 0.3) is 0 Å². The lowest BCUT2D eigenvalue weighted by atomic mass is 9.68. The Bertz CT molecular complexity index is 268. The van der Waals surface area contributed by atoms with E-state index in [2.05, 4.69) is 0 Å². The summed E-state index contributed by atoms with van der Waals surface area (Å²) in [5.74, 6) is 1.47. The number of carbonyl (C=O) groups excluding carboxylic acids is 1. The van der Waals surface area contributed by atoms with Crippen molar-refractivity contribution in [2.45, 2.75) is 44.3 Å². The van der Waals surface area contributed by atoms with Crippen LogP contribution in [-0.2, 0) is 14.3 Å². The first kappa shape index (κ1) is 9.79. The van der Waals surface area contributed by atoms with Crippen LogP contribution in [-0.4, -0.2) is 24.8 Å². The van der Waals surface area contributed by atoms with Gasteiger partial charge in [-0.2, -0.15) is 0 Å². The highest BCUT2D eigenvalue weighted by Gasteiger charge is 2.46. The van der Waals surface area contributed by atoms with Crippen LogP contribution < -0.4 is 0 Å². The molecule has 15 heavy (non-hydrogen) atoms. The molecular formula is C12H18O3. The molecule has 0 aromatic heterocycles. The number of rotatable bonds is 0. The molecule has 3 fully saturated rings. The molecule has 3 heteroatoms. The fourth-order valence-corrected chi connectivity index (χ4v) is 3.42. The number of ketones is 1. The molecule has 2 atom stereocenters. The highest BCUT2D eigenvalue weighted by molar-refractivity contribution is 5.79. The molecule has 1 saturated heterocycles. The van der Waals surface area contributed by atoms with Gasteiger partial charge in [0, 0.05) is 25.7 Å². The van der Waals surface area contributed by atoms with E-state index in [9.17, 15) is 4.79 Å². The maximum atomic E-state index is 11.4. The van der Waals surface area contributed by atoms with Gasteiger partial charge in [0.1, 0.15) is 5.78 Å². The first-order chi connectivity index (χ1) is 7.27. The molecule has 0 N–H and O–H groups in total. The number of fused-ring (bicyclic) bond motifs is 1. The van der Waals surface area contributed by atoms with Gasteiger partial charge in [0.05, 0.1) is 13.2 Å². The van der Waals surface area contributed by atoms with Crippen LogP contribution in [0.15, 0.2) is 0 Å². The molecule has 1 aliphatic heterocycles. The Hall–Kier alpha value is -0.410. The normalized spacial score (nSPS) is 39.3. The Labute approximate surface area is 90.1 Å². The molecule has 3 nitrogen and oxygen atoms in total. The standard InChI is InChI=1S/C12H18O3/c13-11-2-1-10-8-12(14-5-6-15-12)4-3-9(10)7-11/h9-10H,1-8H2. The van der Waals surface area contributed by atoms with Crippen LogP contribution >= 0.6 is 0 Å². The number of hydrogen-bond donors (Lipinski definition) is 0. The highest BCUT2D eigenvalue weighted by atomic mass is 16.7. The highest BCUT2D eigenvalue weighted by Crippen LogP contribution is 2.46. The summed E-state index contributed by atoms with van der Waals surface area (Å²) in [5, 5.41) is 0. The van der Waals surface area contributed by atoms with Gasteiger partial charge in [0.25, 0.3) is 0 Å². The van der Waals surface area contributed by atoms with Gasteiger partial charge >= 0.3 is 0 Å². The van der Waals surface area contributed by atoms with Crippen LogP contribution in [0.4, 0.5) is 0 Å². The minimum atomic E-state index is -0.262. The summed E-state index contributed by atoms with van der Waals surface area (Å²) in [7, 11) is 0. The zero-order valence-electron chi connectivity index (χ0n) is 9.04. The largest absolute Gasteiger partial charge is 0.348 e. The van der Waals surface area contributed by atoms with E-state index in [4.69, 9.17) is 9.47 Å². The van der Waals surface area contributed by atoms with Gasteiger partial charge < -0.3 is 9.47 Å². The lowest BCUT2D eigenvalue weighted by Gasteiger charge is -2.42. The third-order valence-corrected chi connectivity index (χ3v) is 4.23. The van der Waals surface area contributed by atoms with Crippen molar-refractivity contribution in [2.75, 3.05) is 13.2 Å². The van der Waals surface area contributed by atoms with Crippen molar-refractivity contribution in [3.05, 3.63) is 0 Å². The van der Waals surface area contributed by atoms with Gasteiger partial charge in [-0.25, -0.2) is 0 Å². The van der Waals surface area contributed by atoms with Crippen molar-refractivity contribution in [1.29, 1.82) is 0 Å². The van der Waals surface area contributed by atoms with Crippen molar-refractivity contribution in [3.8, 4) is 0 Å². The fourth-order valence-electron chi connectivity index (χ4n) is 3.42. The molecule has 2 aliphatic carbocycles.